The fraction of sp³-hybridized carbons (Fsp3) is 0.800. The highest BCUT2D eigenvalue weighted by atomic mass is 35.5. The minimum Gasteiger partial charge on any atom is -0.383 e. The summed E-state index contributed by atoms with van der Waals surface area (Å²) in [7, 11) is 1.71. The minimum atomic E-state index is 0.167. The van der Waals surface area contributed by atoms with Crippen molar-refractivity contribution in [3.05, 3.63) is 16.9 Å². The van der Waals surface area contributed by atoms with Crippen LogP contribution in [0.5, 0.6) is 0 Å². The van der Waals surface area contributed by atoms with Crippen LogP contribution in [0.4, 0.5) is 0 Å². The lowest BCUT2D eigenvalue weighted by molar-refractivity contribution is 0.174. The summed E-state index contributed by atoms with van der Waals surface area (Å²) in [5, 5.41) is 8.78. The van der Waals surface area contributed by atoms with Crippen LogP contribution in [0.25, 0.3) is 0 Å². The number of hydrogen-bond donors (Lipinski definition) is 1. The molecule has 0 spiro atoms. The standard InChI is InChI=1S/C15H26ClN3O/c1-15(2,3)17-9-11-5-6-12(11)14-13(16)10-18-19(14)7-8-20-4/h10-12,17H,5-9H2,1-4H3. The van der Waals surface area contributed by atoms with E-state index >= 15 is 0 Å². The molecule has 0 amide bonds. The van der Waals surface area contributed by atoms with E-state index in [-0.39, 0.29) is 5.54 Å². The highest BCUT2D eigenvalue weighted by Gasteiger charge is 2.36. The minimum absolute atomic E-state index is 0.167. The Morgan fingerprint density at radius 2 is 2.20 bits per heavy atom. The lowest BCUT2D eigenvalue weighted by atomic mass is 9.71. The molecule has 2 atom stereocenters. The van der Waals surface area contributed by atoms with Gasteiger partial charge in [-0.25, -0.2) is 0 Å². The largest absolute Gasteiger partial charge is 0.383 e. The van der Waals surface area contributed by atoms with Crippen molar-refractivity contribution in [1.82, 2.24) is 15.1 Å². The molecule has 0 radical (unpaired) electrons. The molecule has 1 heterocycles. The maximum absolute atomic E-state index is 6.34. The van der Waals surface area contributed by atoms with Crippen LogP contribution in [0.1, 0.15) is 45.2 Å². The predicted molar refractivity (Wildman–Crippen MR) is 82.3 cm³/mol. The van der Waals surface area contributed by atoms with Crippen molar-refractivity contribution in [2.24, 2.45) is 5.92 Å². The highest BCUT2D eigenvalue weighted by Crippen LogP contribution is 2.44. The Kier molecular flexibility index (Phi) is 5.10. The van der Waals surface area contributed by atoms with Gasteiger partial charge in [0.2, 0.25) is 0 Å². The molecule has 1 aromatic heterocycles. The summed E-state index contributed by atoms with van der Waals surface area (Å²) in [6.45, 7) is 9.10. The van der Waals surface area contributed by atoms with E-state index in [1.807, 2.05) is 4.68 Å². The Hall–Kier alpha value is -0.580. The van der Waals surface area contributed by atoms with Crippen molar-refractivity contribution in [2.75, 3.05) is 20.3 Å². The fourth-order valence-electron chi connectivity index (χ4n) is 2.71. The number of methoxy groups -OCH3 is 1. The number of ether oxygens (including phenoxy) is 1. The second kappa shape index (κ2) is 6.46. The summed E-state index contributed by atoms with van der Waals surface area (Å²) in [4.78, 5) is 0. The van der Waals surface area contributed by atoms with E-state index in [0.717, 1.165) is 18.1 Å². The van der Waals surface area contributed by atoms with Gasteiger partial charge in [-0.3, -0.25) is 4.68 Å². The van der Waals surface area contributed by atoms with E-state index in [1.165, 1.54) is 18.5 Å². The second-order valence-electron chi connectivity index (χ2n) is 6.67. The van der Waals surface area contributed by atoms with E-state index in [0.29, 0.717) is 18.4 Å². The maximum atomic E-state index is 6.34. The Balaban J connectivity index is 2.02. The van der Waals surface area contributed by atoms with Gasteiger partial charge >= 0.3 is 0 Å². The first-order valence-electron chi connectivity index (χ1n) is 7.37. The summed E-state index contributed by atoms with van der Waals surface area (Å²) in [6, 6.07) is 0. The first-order valence-corrected chi connectivity index (χ1v) is 7.75. The smallest absolute Gasteiger partial charge is 0.0820 e. The molecule has 1 aromatic rings. The summed E-state index contributed by atoms with van der Waals surface area (Å²) in [5.74, 6) is 1.18. The molecule has 0 aromatic carbocycles. The highest BCUT2D eigenvalue weighted by molar-refractivity contribution is 6.31. The molecule has 2 unspecified atom stereocenters. The lowest BCUT2D eigenvalue weighted by Crippen LogP contribution is -2.43. The van der Waals surface area contributed by atoms with Crippen molar-refractivity contribution in [3.8, 4) is 0 Å². The summed E-state index contributed by atoms with van der Waals surface area (Å²) < 4.78 is 7.16. The van der Waals surface area contributed by atoms with Gasteiger partial charge < -0.3 is 10.1 Å². The third-order valence-electron chi connectivity index (χ3n) is 4.00. The fourth-order valence-corrected chi connectivity index (χ4v) is 2.99. The van der Waals surface area contributed by atoms with Gasteiger partial charge in [-0.2, -0.15) is 5.10 Å². The van der Waals surface area contributed by atoms with Gasteiger partial charge in [0.05, 0.1) is 30.1 Å². The molecule has 114 valence electrons. The summed E-state index contributed by atoms with van der Waals surface area (Å²) >= 11 is 6.34. The average molecular weight is 300 g/mol. The van der Waals surface area contributed by atoms with Gasteiger partial charge in [0.15, 0.2) is 0 Å². The van der Waals surface area contributed by atoms with Gasteiger partial charge in [0, 0.05) is 18.6 Å². The van der Waals surface area contributed by atoms with Crippen LogP contribution < -0.4 is 5.32 Å². The number of aromatic nitrogens is 2. The quantitative estimate of drug-likeness (QED) is 0.877. The predicted octanol–water partition coefficient (Wildman–Crippen LogP) is 3.06. The molecule has 1 aliphatic carbocycles. The zero-order chi connectivity index (χ0) is 14.8. The number of hydrogen-bond acceptors (Lipinski definition) is 3. The Bertz CT molecular complexity index is 439. The maximum Gasteiger partial charge on any atom is 0.0820 e. The first kappa shape index (κ1) is 15.8. The molecular formula is C15H26ClN3O. The van der Waals surface area contributed by atoms with Crippen LogP contribution in [0.3, 0.4) is 0 Å². The van der Waals surface area contributed by atoms with Gasteiger partial charge in [-0.1, -0.05) is 11.6 Å². The molecule has 0 aliphatic heterocycles. The summed E-state index contributed by atoms with van der Waals surface area (Å²) in [6.07, 6.45) is 4.23. The Morgan fingerprint density at radius 1 is 1.45 bits per heavy atom. The molecule has 1 fully saturated rings. The monoisotopic (exact) mass is 299 g/mol. The number of rotatable bonds is 6. The number of nitrogens with one attached hydrogen (secondary N) is 1. The normalized spacial score (nSPS) is 22.9. The van der Waals surface area contributed by atoms with Crippen LogP contribution in [0.2, 0.25) is 5.02 Å². The van der Waals surface area contributed by atoms with Gasteiger partial charge in [-0.15, -0.1) is 0 Å². The van der Waals surface area contributed by atoms with Crippen LogP contribution in [0.15, 0.2) is 6.20 Å². The average Bonchev–Trinajstić information content (AvgIpc) is 2.66. The van der Waals surface area contributed by atoms with Crippen LogP contribution in [0, 0.1) is 5.92 Å². The first-order chi connectivity index (χ1) is 9.42. The molecule has 0 bridgehead atoms. The molecule has 1 saturated carbocycles. The zero-order valence-electron chi connectivity index (χ0n) is 12.9. The van der Waals surface area contributed by atoms with Crippen molar-refractivity contribution < 1.29 is 4.74 Å². The SMILES string of the molecule is COCCn1ncc(Cl)c1C1CCC1CNC(C)(C)C. The topological polar surface area (TPSA) is 39.1 Å². The van der Waals surface area contributed by atoms with Gasteiger partial charge in [0.25, 0.3) is 0 Å². The molecule has 2 rings (SSSR count). The molecule has 20 heavy (non-hydrogen) atoms. The van der Waals surface area contributed by atoms with E-state index in [4.69, 9.17) is 16.3 Å². The Morgan fingerprint density at radius 3 is 2.75 bits per heavy atom. The lowest BCUT2D eigenvalue weighted by Gasteiger charge is -2.39. The van der Waals surface area contributed by atoms with Gasteiger partial charge in [0.1, 0.15) is 0 Å². The molecule has 1 aliphatic rings. The van der Waals surface area contributed by atoms with Crippen LogP contribution in [-0.4, -0.2) is 35.6 Å². The number of halogens is 1. The van der Waals surface area contributed by atoms with E-state index in [9.17, 15) is 0 Å². The third-order valence-corrected chi connectivity index (χ3v) is 4.29. The molecule has 4 nitrogen and oxygen atoms in total. The molecule has 1 N–H and O–H groups in total. The van der Waals surface area contributed by atoms with Crippen molar-refractivity contribution in [1.29, 1.82) is 0 Å². The van der Waals surface area contributed by atoms with Gasteiger partial charge in [-0.05, 0) is 46.1 Å². The zero-order valence-corrected chi connectivity index (χ0v) is 13.7. The third kappa shape index (κ3) is 3.74. The Labute approximate surface area is 126 Å². The van der Waals surface area contributed by atoms with Crippen molar-refractivity contribution >= 4 is 11.6 Å². The van der Waals surface area contributed by atoms with Crippen LogP contribution in [-0.2, 0) is 11.3 Å². The molecule has 5 heteroatoms. The summed E-state index contributed by atoms with van der Waals surface area (Å²) in [5.41, 5.74) is 1.36. The van der Waals surface area contributed by atoms with Crippen molar-refractivity contribution in [3.63, 3.8) is 0 Å². The van der Waals surface area contributed by atoms with E-state index in [1.54, 1.807) is 13.3 Å². The molecular weight excluding hydrogens is 274 g/mol. The van der Waals surface area contributed by atoms with Crippen molar-refractivity contribution in [2.45, 2.75) is 51.6 Å². The van der Waals surface area contributed by atoms with E-state index in [2.05, 4.69) is 31.2 Å². The second-order valence-corrected chi connectivity index (χ2v) is 7.08. The molecule has 0 saturated heterocycles. The van der Waals surface area contributed by atoms with E-state index < -0.39 is 0 Å². The van der Waals surface area contributed by atoms with Crippen LogP contribution >= 0.6 is 11.6 Å². The number of nitrogens with zero attached hydrogens (tertiary/aromatic N) is 2.